The number of aliphatic hydroxyl groups is 2. The van der Waals surface area contributed by atoms with Crippen molar-refractivity contribution in [2.24, 2.45) is 40.4 Å². The highest BCUT2D eigenvalue weighted by Gasteiger charge is 2.59. The van der Waals surface area contributed by atoms with E-state index in [1.165, 1.54) is 32.1 Å². The van der Waals surface area contributed by atoms with Crippen molar-refractivity contribution in [3.63, 3.8) is 0 Å². The maximum absolute atomic E-state index is 12.4. The molecular weight excluding hydrogens is 400 g/mol. The molecule has 4 aliphatic carbocycles. The largest absolute Gasteiger partial charge is 0.458 e. The molecule has 2 N–H and O–H groups in total. The van der Waals surface area contributed by atoms with Gasteiger partial charge in [-0.05, 0) is 98.7 Å². The van der Waals surface area contributed by atoms with E-state index in [0.29, 0.717) is 22.8 Å². The molecule has 1 heterocycles. The second kappa shape index (κ2) is 7.98. The first-order chi connectivity index (χ1) is 15.2. The minimum atomic E-state index is -0.311. The predicted octanol–water partition coefficient (Wildman–Crippen LogP) is 5.19. The third-order valence-corrected chi connectivity index (χ3v) is 11.1. The summed E-state index contributed by atoms with van der Waals surface area (Å²) < 4.78 is 5.87. The van der Waals surface area contributed by atoms with Crippen LogP contribution in [0.3, 0.4) is 0 Å². The lowest BCUT2D eigenvalue weighted by Gasteiger charge is -2.58. The fraction of sp³-hybridized carbons (Fsp3) is 0.821. The van der Waals surface area contributed by atoms with Gasteiger partial charge in [-0.15, -0.1) is 0 Å². The van der Waals surface area contributed by atoms with Gasteiger partial charge in [0.15, 0.2) is 0 Å². The Hall–Kier alpha value is -1.13. The highest BCUT2D eigenvalue weighted by atomic mass is 16.5. The molecule has 0 amide bonds. The summed E-state index contributed by atoms with van der Waals surface area (Å²) in [4.78, 5) is 12.4. The number of allylic oxidation sites excluding steroid dienone is 1. The third kappa shape index (κ3) is 3.27. The van der Waals surface area contributed by atoms with Crippen molar-refractivity contribution < 1.29 is 19.7 Å². The highest BCUT2D eigenvalue weighted by molar-refractivity contribution is 5.90. The van der Waals surface area contributed by atoms with Crippen molar-refractivity contribution >= 4 is 5.97 Å². The number of aliphatic hydroxyl groups excluding tert-OH is 2. The van der Waals surface area contributed by atoms with Gasteiger partial charge < -0.3 is 14.9 Å². The molecule has 0 spiro atoms. The number of carbonyl (C=O) groups is 1. The second-order valence-corrected chi connectivity index (χ2v) is 12.3. The Morgan fingerprint density at radius 2 is 1.91 bits per heavy atom. The average Bonchev–Trinajstić information content (AvgIpc) is 3.10. The van der Waals surface area contributed by atoms with Gasteiger partial charge in [0.25, 0.3) is 0 Å². The summed E-state index contributed by atoms with van der Waals surface area (Å²) in [6.45, 7) is 9.10. The van der Waals surface area contributed by atoms with Gasteiger partial charge in [0, 0.05) is 6.42 Å². The Balaban J connectivity index is 1.37. The van der Waals surface area contributed by atoms with E-state index in [2.05, 4.69) is 26.8 Å². The van der Waals surface area contributed by atoms with E-state index in [1.807, 2.05) is 6.92 Å². The van der Waals surface area contributed by atoms with Crippen molar-refractivity contribution in [3.05, 3.63) is 22.8 Å². The zero-order chi connectivity index (χ0) is 22.8. The van der Waals surface area contributed by atoms with Crippen LogP contribution in [0.1, 0.15) is 85.5 Å². The van der Waals surface area contributed by atoms with E-state index in [4.69, 9.17) is 4.74 Å². The van der Waals surface area contributed by atoms with Crippen molar-refractivity contribution in [2.75, 3.05) is 6.61 Å². The Morgan fingerprint density at radius 1 is 1.12 bits per heavy atom. The molecule has 5 aliphatic rings. The Morgan fingerprint density at radius 3 is 2.62 bits per heavy atom. The molecule has 0 radical (unpaired) electrons. The van der Waals surface area contributed by atoms with Gasteiger partial charge in [-0.1, -0.05) is 38.0 Å². The monoisotopic (exact) mass is 442 g/mol. The first-order valence-corrected chi connectivity index (χ1v) is 13.1. The van der Waals surface area contributed by atoms with Gasteiger partial charge in [-0.3, -0.25) is 0 Å². The third-order valence-electron chi connectivity index (χ3n) is 11.1. The number of cyclic esters (lactones) is 1. The Labute approximate surface area is 193 Å². The molecule has 0 unspecified atom stereocenters. The topological polar surface area (TPSA) is 66.8 Å². The quantitative estimate of drug-likeness (QED) is 0.466. The van der Waals surface area contributed by atoms with Crippen LogP contribution in [0.4, 0.5) is 0 Å². The normalized spacial score (nSPS) is 47.2. The molecule has 4 heteroatoms. The lowest BCUT2D eigenvalue weighted by Crippen LogP contribution is -2.51. The fourth-order valence-electron chi connectivity index (χ4n) is 9.15. The van der Waals surface area contributed by atoms with Crippen LogP contribution < -0.4 is 0 Å². The summed E-state index contributed by atoms with van der Waals surface area (Å²) in [6.07, 6.45) is 12.3. The van der Waals surface area contributed by atoms with E-state index in [-0.39, 0.29) is 30.2 Å². The maximum atomic E-state index is 12.4. The minimum Gasteiger partial charge on any atom is -0.458 e. The minimum absolute atomic E-state index is 0.0636. The summed E-state index contributed by atoms with van der Waals surface area (Å²) in [7, 11) is 0. The molecule has 3 fully saturated rings. The van der Waals surface area contributed by atoms with Crippen LogP contribution >= 0.6 is 0 Å². The zero-order valence-corrected chi connectivity index (χ0v) is 20.4. The molecule has 32 heavy (non-hydrogen) atoms. The van der Waals surface area contributed by atoms with Crippen LogP contribution in [-0.2, 0) is 9.53 Å². The van der Waals surface area contributed by atoms with Crippen LogP contribution in [0.25, 0.3) is 0 Å². The summed E-state index contributed by atoms with van der Waals surface area (Å²) >= 11 is 0. The van der Waals surface area contributed by atoms with Crippen LogP contribution in [0, 0.1) is 40.4 Å². The van der Waals surface area contributed by atoms with Gasteiger partial charge in [0.1, 0.15) is 6.10 Å². The van der Waals surface area contributed by atoms with Crippen LogP contribution in [0.5, 0.6) is 0 Å². The van der Waals surface area contributed by atoms with E-state index in [1.54, 1.807) is 5.57 Å². The van der Waals surface area contributed by atoms with Crippen molar-refractivity contribution in [1.82, 2.24) is 0 Å². The summed E-state index contributed by atoms with van der Waals surface area (Å²) in [5.74, 6) is 2.88. The molecule has 0 aromatic heterocycles. The van der Waals surface area contributed by atoms with Crippen LogP contribution in [0.2, 0.25) is 0 Å². The number of hydrogen-bond acceptors (Lipinski definition) is 4. The first kappa shape index (κ1) is 22.7. The van der Waals surface area contributed by atoms with Crippen molar-refractivity contribution in [1.29, 1.82) is 0 Å². The van der Waals surface area contributed by atoms with E-state index in [9.17, 15) is 15.0 Å². The lowest BCUT2D eigenvalue weighted by molar-refractivity contribution is -0.152. The fourth-order valence-corrected chi connectivity index (χ4v) is 9.15. The molecule has 0 aromatic carbocycles. The Bertz CT molecular complexity index is 842. The summed E-state index contributed by atoms with van der Waals surface area (Å²) in [6, 6.07) is 0. The molecule has 4 nitrogen and oxygen atoms in total. The second-order valence-electron chi connectivity index (χ2n) is 12.3. The van der Waals surface area contributed by atoms with Crippen molar-refractivity contribution in [3.8, 4) is 0 Å². The molecule has 3 saturated carbocycles. The number of rotatable bonds is 3. The standard InChI is InChI=1S/C28H42O4/c1-16-13-25(32-26(31)21(16)15-29)17(2)22-7-8-23-20-6-5-18-14-19(30)9-11-27(18,3)24(20)10-12-28(22,23)4/h5,17,19-20,22-25,29-30H,6-15H2,1-4H3/t17-,19-,20-,22+,23-,24-,25-,27-,28+/m0/s1. The van der Waals surface area contributed by atoms with Gasteiger partial charge in [0.2, 0.25) is 0 Å². The molecule has 0 saturated heterocycles. The van der Waals surface area contributed by atoms with Gasteiger partial charge in [-0.2, -0.15) is 0 Å². The number of esters is 1. The van der Waals surface area contributed by atoms with E-state index >= 15 is 0 Å². The van der Waals surface area contributed by atoms with E-state index < -0.39 is 0 Å². The maximum Gasteiger partial charge on any atom is 0.336 e. The van der Waals surface area contributed by atoms with Crippen LogP contribution in [0.15, 0.2) is 22.8 Å². The molecule has 0 bridgehead atoms. The van der Waals surface area contributed by atoms with Crippen molar-refractivity contribution in [2.45, 2.75) is 97.7 Å². The molecule has 9 atom stereocenters. The van der Waals surface area contributed by atoms with Gasteiger partial charge >= 0.3 is 5.97 Å². The summed E-state index contributed by atoms with van der Waals surface area (Å²) in [5, 5.41) is 19.8. The number of carbonyl (C=O) groups excluding carboxylic acids is 1. The lowest BCUT2D eigenvalue weighted by atomic mass is 9.47. The zero-order valence-electron chi connectivity index (χ0n) is 20.4. The molecule has 0 aromatic rings. The predicted molar refractivity (Wildman–Crippen MR) is 125 cm³/mol. The van der Waals surface area contributed by atoms with E-state index in [0.717, 1.165) is 49.0 Å². The first-order valence-electron chi connectivity index (χ1n) is 13.1. The smallest absolute Gasteiger partial charge is 0.336 e. The number of fused-ring (bicyclic) bond motifs is 5. The van der Waals surface area contributed by atoms with Gasteiger partial charge in [0.05, 0.1) is 18.3 Å². The molecule has 178 valence electrons. The summed E-state index contributed by atoms with van der Waals surface area (Å²) in [5.41, 5.74) is 3.61. The van der Waals surface area contributed by atoms with Crippen LogP contribution in [-0.4, -0.2) is 35.0 Å². The molecule has 1 aliphatic heterocycles. The van der Waals surface area contributed by atoms with Gasteiger partial charge in [-0.25, -0.2) is 4.79 Å². The average molecular weight is 443 g/mol. The SMILES string of the molecule is CC1=C(CO)C(=O)O[C@H]([C@@H](C)[C@H]2CC[C@H]3[C@@H]4CC=C5C[C@@H](O)CC[C@]5(C)[C@H]4CC[C@]23C)C1. The Kier molecular flexibility index (Phi) is 5.65. The molecule has 5 rings (SSSR count). The number of ether oxygens (including phenoxy) is 1. The highest BCUT2D eigenvalue weighted by Crippen LogP contribution is 2.67. The molecular formula is C28H42O4. The number of hydrogen-bond donors (Lipinski definition) is 2.